The zero-order valence-corrected chi connectivity index (χ0v) is 14.2. The molecule has 0 unspecified atom stereocenters. The van der Waals surface area contributed by atoms with Gasteiger partial charge in [-0.15, -0.1) is 0 Å². The highest BCUT2D eigenvalue weighted by atomic mass is 19.2. The molecule has 1 fully saturated rings. The zero-order chi connectivity index (χ0) is 18.5. The Hall–Kier alpha value is -2.57. The molecule has 1 heterocycles. The monoisotopic (exact) mass is 363 g/mol. The van der Waals surface area contributed by atoms with E-state index in [1.165, 1.54) is 25.1 Å². The highest BCUT2D eigenvalue weighted by Crippen LogP contribution is 2.22. The largest absolute Gasteiger partial charge is 0.367 e. The van der Waals surface area contributed by atoms with Crippen LogP contribution < -0.4 is 10.6 Å². The van der Waals surface area contributed by atoms with Gasteiger partial charge in [-0.2, -0.15) is 0 Å². The van der Waals surface area contributed by atoms with Crippen molar-refractivity contribution in [1.29, 1.82) is 0 Å². The molecule has 1 amide bonds. The van der Waals surface area contributed by atoms with E-state index in [-0.39, 0.29) is 5.56 Å². The second-order valence-corrected chi connectivity index (χ2v) is 6.44. The molecule has 3 rings (SSSR count). The Morgan fingerprint density at radius 1 is 1.00 bits per heavy atom. The van der Waals surface area contributed by atoms with E-state index in [2.05, 4.69) is 15.6 Å². The lowest BCUT2D eigenvalue weighted by Crippen LogP contribution is -2.20. The number of carbonyl (C=O) groups is 1. The average Bonchev–Trinajstić information content (AvgIpc) is 2.91. The Balaban J connectivity index is 1.71. The van der Waals surface area contributed by atoms with Crippen LogP contribution in [-0.4, -0.2) is 16.9 Å². The van der Waals surface area contributed by atoms with Crippen LogP contribution in [0.5, 0.6) is 0 Å². The van der Waals surface area contributed by atoms with Crippen molar-refractivity contribution in [2.75, 3.05) is 10.6 Å². The lowest BCUT2D eigenvalue weighted by Gasteiger charge is -2.17. The number of benzene rings is 1. The summed E-state index contributed by atoms with van der Waals surface area (Å²) >= 11 is 0. The number of carbonyl (C=O) groups excluding carboxylic acids is 1. The number of rotatable bonds is 4. The van der Waals surface area contributed by atoms with Gasteiger partial charge >= 0.3 is 0 Å². The third kappa shape index (κ3) is 4.33. The lowest BCUT2D eigenvalue weighted by molar-refractivity contribution is 0.102. The van der Waals surface area contributed by atoms with Crippen LogP contribution in [0.1, 0.15) is 48.9 Å². The van der Waals surface area contributed by atoms with Crippen molar-refractivity contribution < 1.29 is 18.0 Å². The fourth-order valence-electron chi connectivity index (χ4n) is 3.10. The smallest absolute Gasteiger partial charge is 0.255 e. The maximum absolute atomic E-state index is 13.7. The quantitative estimate of drug-likeness (QED) is 0.601. The van der Waals surface area contributed by atoms with Crippen LogP contribution in [0.25, 0.3) is 0 Å². The van der Waals surface area contributed by atoms with Gasteiger partial charge in [0.25, 0.3) is 5.91 Å². The maximum Gasteiger partial charge on any atom is 0.255 e. The second-order valence-electron chi connectivity index (χ2n) is 6.44. The minimum atomic E-state index is -1.62. The first-order chi connectivity index (χ1) is 12.5. The van der Waals surface area contributed by atoms with E-state index in [4.69, 9.17) is 0 Å². The molecular weight excluding hydrogens is 343 g/mol. The molecule has 1 aromatic heterocycles. The topological polar surface area (TPSA) is 54.0 Å². The normalized spacial score (nSPS) is 15.3. The summed E-state index contributed by atoms with van der Waals surface area (Å²) in [5.74, 6) is -4.41. The fraction of sp³-hybridized carbons (Fsp3) is 0.368. The number of aromatic nitrogens is 1. The first-order valence-corrected chi connectivity index (χ1v) is 8.72. The predicted octanol–water partition coefficient (Wildman–Crippen LogP) is 4.89. The molecule has 4 nitrogen and oxygen atoms in total. The maximum atomic E-state index is 13.7. The molecule has 138 valence electrons. The van der Waals surface area contributed by atoms with Crippen LogP contribution in [0, 0.1) is 17.5 Å². The number of hydrogen-bond acceptors (Lipinski definition) is 3. The predicted molar refractivity (Wildman–Crippen MR) is 93.6 cm³/mol. The van der Waals surface area contributed by atoms with Crippen LogP contribution in [0.15, 0.2) is 30.5 Å². The average molecular weight is 363 g/mol. The molecule has 0 atom stereocenters. The van der Waals surface area contributed by atoms with E-state index in [9.17, 15) is 18.0 Å². The van der Waals surface area contributed by atoms with Gasteiger partial charge in [-0.05, 0) is 37.1 Å². The molecule has 1 saturated carbocycles. The molecule has 0 saturated heterocycles. The van der Waals surface area contributed by atoms with E-state index in [1.807, 2.05) is 0 Å². The molecule has 0 bridgehead atoms. The van der Waals surface area contributed by atoms with Crippen LogP contribution in [0.2, 0.25) is 0 Å². The number of hydrogen-bond donors (Lipinski definition) is 2. The second kappa shape index (κ2) is 8.21. The van der Waals surface area contributed by atoms with Crippen molar-refractivity contribution in [3.05, 3.63) is 53.5 Å². The molecule has 0 radical (unpaired) electrons. The van der Waals surface area contributed by atoms with E-state index in [1.54, 1.807) is 6.07 Å². The van der Waals surface area contributed by atoms with Crippen molar-refractivity contribution in [2.45, 2.75) is 44.6 Å². The van der Waals surface area contributed by atoms with Gasteiger partial charge in [0.15, 0.2) is 17.5 Å². The third-order valence-electron chi connectivity index (χ3n) is 4.51. The first kappa shape index (κ1) is 18.2. The molecular formula is C19H20F3N3O. The Kier molecular flexibility index (Phi) is 5.75. The van der Waals surface area contributed by atoms with Gasteiger partial charge in [-0.3, -0.25) is 4.79 Å². The Bertz CT molecular complexity index is 790. The number of halogens is 3. The Morgan fingerprint density at radius 3 is 2.46 bits per heavy atom. The molecule has 1 aliphatic rings. The zero-order valence-electron chi connectivity index (χ0n) is 14.2. The van der Waals surface area contributed by atoms with Gasteiger partial charge in [0, 0.05) is 17.8 Å². The highest BCUT2D eigenvalue weighted by molar-refractivity contribution is 6.04. The van der Waals surface area contributed by atoms with E-state index in [0.29, 0.717) is 11.9 Å². The van der Waals surface area contributed by atoms with E-state index >= 15 is 0 Å². The van der Waals surface area contributed by atoms with Crippen molar-refractivity contribution in [2.24, 2.45) is 0 Å². The molecule has 2 aromatic rings. The standard InChI is InChI=1S/C19H20F3N3O/c20-14-7-8-15(18(22)17(14)21)25-19(26)12-9-10-23-16(11-12)24-13-5-3-1-2-4-6-13/h7-11,13H,1-6H2,(H,23,24)(H,25,26). The third-order valence-corrected chi connectivity index (χ3v) is 4.51. The Morgan fingerprint density at radius 2 is 1.73 bits per heavy atom. The fourth-order valence-corrected chi connectivity index (χ4v) is 3.10. The summed E-state index contributed by atoms with van der Waals surface area (Å²) < 4.78 is 40.0. The number of pyridine rings is 1. The van der Waals surface area contributed by atoms with Gasteiger partial charge in [0.2, 0.25) is 0 Å². The molecule has 26 heavy (non-hydrogen) atoms. The number of nitrogens with zero attached hydrogens (tertiary/aromatic N) is 1. The molecule has 0 aliphatic heterocycles. The summed E-state index contributed by atoms with van der Waals surface area (Å²) in [6.07, 6.45) is 8.37. The summed E-state index contributed by atoms with van der Waals surface area (Å²) in [6.45, 7) is 0. The molecule has 2 N–H and O–H groups in total. The minimum absolute atomic E-state index is 0.250. The van der Waals surface area contributed by atoms with Crippen LogP contribution in [0.4, 0.5) is 24.7 Å². The molecule has 1 aromatic carbocycles. The summed E-state index contributed by atoms with van der Waals surface area (Å²) in [6, 6.07) is 5.10. The Labute approximate surface area is 149 Å². The highest BCUT2D eigenvalue weighted by Gasteiger charge is 2.17. The van der Waals surface area contributed by atoms with Gasteiger partial charge in [0.1, 0.15) is 5.82 Å². The number of amides is 1. The summed E-state index contributed by atoms with van der Waals surface area (Å²) in [5.41, 5.74) is -0.163. The summed E-state index contributed by atoms with van der Waals surface area (Å²) in [7, 11) is 0. The molecule has 1 aliphatic carbocycles. The number of nitrogens with one attached hydrogen (secondary N) is 2. The first-order valence-electron chi connectivity index (χ1n) is 8.72. The van der Waals surface area contributed by atoms with Crippen LogP contribution in [-0.2, 0) is 0 Å². The van der Waals surface area contributed by atoms with Crippen LogP contribution in [0.3, 0.4) is 0 Å². The van der Waals surface area contributed by atoms with Crippen molar-refractivity contribution in [1.82, 2.24) is 4.98 Å². The SMILES string of the molecule is O=C(Nc1ccc(F)c(F)c1F)c1ccnc(NC2CCCCCC2)c1. The van der Waals surface area contributed by atoms with E-state index < -0.39 is 29.0 Å². The van der Waals surface area contributed by atoms with Crippen LogP contribution >= 0.6 is 0 Å². The summed E-state index contributed by atoms with van der Waals surface area (Å²) in [5, 5.41) is 5.59. The van der Waals surface area contributed by atoms with E-state index in [0.717, 1.165) is 37.8 Å². The van der Waals surface area contributed by atoms with Crippen molar-refractivity contribution in [3.8, 4) is 0 Å². The van der Waals surface area contributed by atoms with Crippen molar-refractivity contribution in [3.63, 3.8) is 0 Å². The van der Waals surface area contributed by atoms with Crippen molar-refractivity contribution >= 4 is 17.4 Å². The lowest BCUT2D eigenvalue weighted by atomic mass is 10.1. The number of anilines is 2. The van der Waals surface area contributed by atoms with Gasteiger partial charge < -0.3 is 10.6 Å². The molecule has 0 spiro atoms. The van der Waals surface area contributed by atoms with Gasteiger partial charge in [-0.25, -0.2) is 18.2 Å². The minimum Gasteiger partial charge on any atom is -0.367 e. The summed E-state index contributed by atoms with van der Waals surface area (Å²) in [4.78, 5) is 16.5. The molecule has 7 heteroatoms. The van der Waals surface area contributed by atoms with Gasteiger partial charge in [-0.1, -0.05) is 25.7 Å². The van der Waals surface area contributed by atoms with Gasteiger partial charge in [0.05, 0.1) is 5.69 Å².